The molecule has 4 aromatic rings. The number of aromatic nitrogens is 2. The average molecular weight is 526 g/mol. The van der Waals surface area contributed by atoms with Crippen molar-refractivity contribution >= 4 is 23.2 Å². The lowest BCUT2D eigenvalue weighted by molar-refractivity contribution is 0.0992. The van der Waals surface area contributed by atoms with E-state index in [9.17, 15) is 26.7 Å². The maximum Gasteiger partial charge on any atom is 0.291 e. The van der Waals surface area contributed by atoms with Gasteiger partial charge >= 0.3 is 0 Å². The molecule has 2 heterocycles. The Morgan fingerprint density at radius 2 is 1.64 bits per heavy atom. The Balaban J connectivity index is 1.46. The van der Waals surface area contributed by atoms with Gasteiger partial charge in [-0.3, -0.25) is 9.48 Å². The first-order valence-electron chi connectivity index (χ1n) is 10.4. The number of amides is 1. The number of furan rings is 1. The fraction of sp³-hybridized carbons (Fsp3) is 0.167. The van der Waals surface area contributed by atoms with Gasteiger partial charge in [-0.05, 0) is 37.6 Å². The number of halogens is 6. The summed E-state index contributed by atoms with van der Waals surface area (Å²) in [6, 6.07) is 9.81. The zero-order chi connectivity index (χ0) is 26.1. The van der Waals surface area contributed by atoms with Gasteiger partial charge in [0.25, 0.3) is 5.91 Å². The van der Waals surface area contributed by atoms with Crippen molar-refractivity contribution in [2.45, 2.75) is 27.0 Å². The highest BCUT2D eigenvalue weighted by atomic mass is 35.5. The Labute approximate surface area is 206 Å². The predicted octanol–water partition coefficient (Wildman–Crippen LogP) is 6.32. The van der Waals surface area contributed by atoms with Crippen molar-refractivity contribution in [3.8, 4) is 5.75 Å². The molecule has 0 aliphatic heterocycles. The molecule has 2 aromatic carbocycles. The van der Waals surface area contributed by atoms with Gasteiger partial charge in [0.1, 0.15) is 12.4 Å². The third-order valence-corrected chi connectivity index (χ3v) is 5.68. The minimum absolute atomic E-state index is 0.0908. The molecule has 1 amide bonds. The number of nitrogens with one attached hydrogen (secondary N) is 1. The molecular formula is C24H17ClF5N3O3. The molecule has 0 radical (unpaired) electrons. The lowest BCUT2D eigenvalue weighted by Crippen LogP contribution is -2.12. The zero-order valence-corrected chi connectivity index (χ0v) is 19.5. The van der Waals surface area contributed by atoms with Crippen LogP contribution in [0.3, 0.4) is 0 Å². The van der Waals surface area contributed by atoms with E-state index in [1.165, 1.54) is 12.1 Å². The van der Waals surface area contributed by atoms with E-state index in [0.29, 0.717) is 28.6 Å². The minimum Gasteiger partial charge on any atom is -0.479 e. The monoisotopic (exact) mass is 525 g/mol. The van der Waals surface area contributed by atoms with Crippen LogP contribution in [0.25, 0.3) is 0 Å². The second-order valence-corrected chi connectivity index (χ2v) is 8.11. The van der Waals surface area contributed by atoms with E-state index in [-0.39, 0.29) is 11.5 Å². The van der Waals surface area contributed by atoms with E-state index in [1.54, 1.807) is 24.6 Å². The summed E-state index contributed by atoms with van der Waals surface area (Å²) in [6.07, 6.45) is 0. The van der Waals surface area contributed by atoms with Crippen LogP contribution in [-0.4, -0.2) is 15.7 Å². The summed E-state index contributed by atoms with van der Waals surface area (Å²) in [5, 5.41) is 7.70. The Morgan fingerprint density at radius 3 is 2.31 bits per heavy atom. The van der Waals surface area contributed by atoms with Gasteiger partial charge in [-0.15, -0.1) is 0 Å². The summed E-state index contributed by atoms with van der Waals surface area (Å²) in [7, 11) is 0. The first kappa shape index (κ1) is 25.2. The highest BCUT2D eigenvalue weighted by Crippen LogP contribution is 2.30. The van der Waals surface area contributed by atoms with Gasteiger partial charge in [0.2, 0.25) is 29.1 Å². The number of benzene rings is 2. The quantitative estimate of drug-likeness (QED) is 0.174. The average Bonchev–Trinajstić information content (AvgIpc) is 3.43. The molecule has 188 valence electrons. The van der Waals surface area contributed by atoms with Crippen LogP contribution < -0.4 is 10.1 Å². The summed E-state index contributed by atoms with van der Waals surface area (Å²) in [4.78, 5) is 12.7. The van der Waals surface area contributed by atoms with E-state index in [1.807, 2.05) is 18.2 Å². The molecule has 0 atom stereocenters. The molecule has 2 aromatic heterocycles. The SMILES string of the molecule is Cc1nn(Cc2ccccc2Cl)c(C)c1NC(=O)c1ccc(COc2c(F)c(F)c(F)c(F)c2F)o1. The zero-order valence-electron chi connectivity index (χ0n) is 18.8. The van der Waals surface area contributed by atoms with Crippen LogP contribution in [0.1, 0.15) is 33.3 Å². The number of carbonyl (C=O) groups excluding carboxylic acids is 1. The largest absolute Gasteiger partial charge is 0.479 e. The number of carbonyl (C=O) groups is 1. The molecule has 4 rings (SSSR count). The van der Waals surface area contributed by atoms with Gasteiger partial charge in [0, 0.05) is 5.02 Å². The molecule has 0 aliphatic carbocycles. The van der Waals surface area contributed by atoms with E-state index >= 15 is 0 Å². The number of hydrogen-bond acceptors (Lipinski definition) is 4. The molecule has 0 bridgehead atoms. The molecule has 36 heavy (non-hydrogen) atoms. The van der Waals surface area contributed by atoms with Gasteiger partial charge < -0.3 is 14.5 Å². The number of hydrogen-bond donors (Lipinski definition) is 1. The smallest absolute Gasteiger partial charge is 0.291 e. The lowest BCUT2D eigenvalue weighted by Gasteiger charge is -2.09. The van der Waals surface area contributed by atoms with Crippen LogP contribution in [0, 0.1) is 42.9 Å². The van der Waals surface area contributed by atoms with Gasteiger partial charge in [-0.1, -0.05) is 29.8 Å². The van der Waals surface area contributed by atoms with Crippen molar-refractivity contribution in [3.63, 3.8) is 0 Å². The fourth-order valence-electron chi connectivity index (χ4n) is 3.43. The second-order valence-electron chi connectivity index (χ2n) is 7.70. The summed E-state index contributed by atoms with van der Waals surface area (Å²) in [5.41, 5.74) is 2.48. The van der Waals surface area contributed by atoms with E-state index in [0.717, 1.165) is 5.56 Å². The summed E-state index contributed by atoms with van der Waals surface area (Å²) in [5.74, 6) is -13.2. The molecule has 0 spiro atoms. The van der Waals surface area contributed by atoms with Crippen molar-refractivity contribution < 1.29 is 35.9 Å². The molecule has 1 N–H and O–H groups in total. The molecule has 0 fully saturated rings. The van der Waals surface area contributed by atoms with Crippen LogP contribution in [0.15, 0.2) is 40.8 Å². The Hall–Kier alpha value is -3.86. The third-order valence-electron chi connectivity index (χ3n) is 5.31. The maximum absolute atomic E-state index is 13.8. The summed E-state index contributed by atoms with van der Waals surface area (Å²) < 4.78 is 79.1. The molecule has 6 nitrogen and oxygen atoms in total. The van der Waals surface area contributed by atoms with Crippen molar-refractivity contribution in [3.05, 3.63) is 99.0 Å². The van der Waals surface area contributed by atoms with Crippen LogP contribution in [0.5, 0.6) is 5.75 Å². The Morgan fingerprint density at radius 1 is 1.00 bits per heavy atom. The predicted molar refractivity (Wildman–Crippen MR) is 119 cm³/mol. The number of ether oxygens (including phenoxy) is 1. The molecular weight excluding hydrogens is 509 g/mol. The number of rotatable bonds is 7. The molecule has 0 saturated heterocycles. The Bertz CT molecular complexity index is 1440. The van der Waals surface area contributed by atoms with Crippen molar-refractivity contribution in [1.29, 1.82) is 0 Å². The van der Waals surface area contributed by atoms with E-state index in [2.05, 4.69) is 10.4 Å². The van der Waals surface area contributed by atoms with Crippen molar-refractivity contribution in [2.75, 3.05) is 5.32 Å². The molecule has 12 heteroatoms. The number of nitrogens with zero attached hydrogens (tertiary/aromatic N) is 2. The highest BCUT2D eigenvalue weighted by molar-refractivity contribution is 6.31. The van der Waals surface area contributed by atoms with Crippen LogP contribution in [0.4, 0.5) is 27.6 Å². The topological polar surface area (TPSA) is 69.3 Å². The summed E-state index contributed by atoms with van der Waals surface area (Å²) >= 11 is 6.22. The Kier molecular flexibility index (Phi) is 7.02. The van der Waals surface area contributed by atoms with Crippen LogP contribution in [-0.2, 0) is 13.2 Å². The molecule has 0 aliphatic rings. The van der Waals surface area contributed by atoms with Gasteiger partial charge in [-0.25, -0.2) is 13.2 Å². The molecule has 0 saturated carbocycles. The standard InChI is InChI=1S/C24H17ClF5N3O3/c1-11-22(12(2)33(32-11)9-13-5-3-4-6-15(13)25)31-24(34)16-8-7-14(36-16)10-35-23-20(29)18(27)17(26)19(28)21(23)30/h3-8H,9-10H2,1-2H3,(H,31,34). The lowest BCUT2D eigenvalue weighted by atomic mass is 10.2. The first-order valence-corrected chi connectivity index (χ1v) is 10.8. The third kappa shape index (κ3) is 4.78. The van der Waals surface area contributed by atoms with Gasteiger partial charge in [-0.2, -0.15) is 13.9 Å². The summed E-state index contributed by atoms with van der Waals surface area (Å²) in [6.45, 7) is 3.15. The van der Waals surface area contributed by atoms with Crippen LogP contribution in [0.2, 0.25) is 5.02 Å². The van der Waals surface area contributed by atoms with E-state index < -0.39 is 47.3 Å². The van der Waals surface area contributed by atoms with Gasteiger partial charge in [0.15, 0.2) is 11.5 Å². The molecule has 0 unspecified atom stereocenters. The van der Waals surface area contributed by atoms with Gasteiger partial charge in [0.05, 0.1) is 23.6 Å². The first-order chi connectivity index (χ1) is 17.1. The fourth-order valence-corrected chi connectivity index (χ4v) is 3.62. The van der Waals surface area contributed by atoms with Crippen molar-refractivity contribution in [1.82, 2.24) is 9.78 Å². The van der Waals surface area contributed by atoms with E-state index in [4.69, 9.17) is 20.8 Å². The van der Waals surface area contributed by atoms with Crippen molar-refractivity contribution in [2.24, 2.45) is 0 Å². The maximum atomic E-state index is 13.8. The number of aryl methyl sites for hydroxylation is 1. The highest BCUT2D eigenvalue weighted by Gasteiger charge is 2.27. The second kappa shape index (κ2) is 10.0. The number of anilines is 1. The minimum atomic E-state index is -2.30. The van der Waals surface area contributed by atoms with Crippen LogP contribution >= 0.6 is 11.6 Å². The normalized spacial score (nSPS) is 11.1.